The summed E-state index contributed by atoms with van der Waals surface area (Å²) in [6.07, 6.45) is -1.18. The van der Waals surface area contributed by atoms with Gasteiger partial charge >= 0.3 is 0 Å². The van der Waals surface area contributed by atoms with E-state index < -0.39 is 17.7 Å². The zero-order valence-electron chi connectivity index (χ0n) is 12.3. The van der Waals surface area contributed by atoms with E-state index in [1.54, 1.807) is 6.07 Å². The maximum Gasteiger partial charge on any atom is 0.129 e. The normalized spacial score (nSPS) is 12.3. The molecule has 0 spiro atoms. The minimum atomic E-state index is -1.04. The van der Waals surface area contributed by atoms with Gasteiger partial charge in [0.25, 0.3) is 0 Å². The van der Waals surface area contributed by atoms with E-state index in [9.17, 15) is 13.9 Å². The first-order valence-electron chi connectivity index (χ1n) is 6.70. The van der Waals surface area contributed by atoms with Crippen molar-refractivity contribution in [3.8, 4) is 5.75 Å². The average molecular weight is 292 g/mol. The summed E-state index contributed by atoms with van der Waals surface area (Å²) in [4.78, 5) is 0. The number of aliphatic hydroxyl groups excluding tert-OH is 1. The standard InChI is InChI=1S/C17H18F2O2/c1-10-7-11(2)17(16(8-10)21-3)15(20)9-12-13(18)5-4-6-14(12)19/h4-8,15,20H,9H2,1-3H3. The number of aryl methyl sites for hydroxylation is 2. The molecule has 2 aromatic rings. The topological polar surface area (TPSA) is 29.5 Å². The van der Waals surface area contributed by atoms with Gasteiger partial charge in [0, 0.05) is 17.5 Å². The minimum absolute atomic E-state index is 0.118. The zero-order chi connectivity index (χ0) is 15.6. The summed E-state index contributed by atoms with van der Waals surface area (Å²) in [5.74, 6) is -0.785. The van der Waals surface area contributed by atoms with Gasteiger partial charge in [-0.25, -0.2) is 8.78 Å². The third-order valence-electron chi connectivity index (χ3n) is 3.51. The van der Waals surface area contributed by atoms with Gasteiger partial charge in [-0.15, -0.1) is 0 Å². The van der Waals surface area contributed by atoms with Crippen LogP contribution in [0, 0.1) is 25.5 Å². The van der Waals surface area contributed by atoms with Gasteiger partial charge in [-0.2, -0.15) is 0 Å². The molecule has 0 saturated heterocycles. The molecule has 0 fully saturated rings. The van der Waals surface area contributed by atoms with Gasteiger partial charge in [0.2, 0.25) is 0 Å². The van der Waals surface area contributed by atoms with E-state index in [1.165, 1.54) is 25.3 Å². The molecule has 21 heavy (non-hydrogen) atoms. The van der Waals surface area contributed by atoms with E-state index in [0.717, 1.165) is 11.1 Å². The van der Waals surface area contributed by atoms with Crippen LogP contribution in [0.4, 0.5) is 8.78 Å². The van der Waals surface area contributed by atoms with Crippen molar-refractivity contribution in [2.45, 2.75) is 26.4 Å². The molecule has 0 aromatic heterocycles. The van der Waals surface area contributed by atoms with E-state index in [0.29, 0.717) is 11.3 Å². The van der Waals surface area contributed by atoms with Crippen LogP contribution in [0.1, 0.15) is 28.4 Å². The molecule has 0 bridgehead atoms. The number of rotatable bonds is 4. The van der Waals surface area contributed by atoms with E-state index in [-0.39, 0.29) is 12.0 Å². The van der Waals surface area contributed by atoms with Crippen LogP contribution in [-0.4, -0.2) is 12.2 Å². The van der Waals surface area contributed by atoms with Crippen LogP contribution in [0.15, 0.2) is 30.3 Å². The van der Waals surface area contributed by atoms with Crippen molar-refractivity contribution in [3.05, 3.63) is 64.2 Å². The fourth-order valence-electron chi connectivity index (χ4n) is 2.56. The number of halogens is 2. The van der Waals surface area contributed by atoms with Crippen LogP contribution in [0.5, 0.6) is 5.75 Å². The summed E-state index contributed by atoms with van der Waals surface area (Å²) < 4.78 is 32.7. The Kier molecular flexibility index (Phi) is 4.58. The highest BCUT2D eigenvalue weighted by atomic mass is 19.1. The predicted octanol–water partition coefficient (Wildman–Crippen LogP) is 3.87. The van der Waals surface area contributed by atoms with Gasteiger partial charge in [0.05, 0.1) is 13.2 Å². The van der Waals surface area contributed by atoms with Crippen LogP contribution < -0.4 is 4.74 Å². The lowest BCUT2D eigenvalue weighted by molar-refractivity contribution is 0.170. The molecule has 1 unspecified atom stereocenters. The number of methoxy groups -OCH3 is 1. The third-order valence-corrected chi connectivity index (χ3v) is 3.51. The Hall–Kier alpha value is -1.94. The second-order valence-electron chi connectivity index (χ2n) is 5.12. The van der Waals surface area contributed by atoms with Crippen molar-refractivity contribution in [3.63, 3.8) is 0 Å². The lowest BCUT2D eigenvalue weighted by atomic mass is 9.95. The smallest absolute Gasteiger partial charge is 0.129 e. The molecule has 0 aliphatic rings. The number of benzene rings is 2. The van der Waals surface area contributed by atoms with Crippen LogP contribution in [-0.2, 0) is 6.42 Å². The van der Waals surface area contributed by atoms with Gasteiger partial charge in [-0.1, -0.05) is 12.1 Å². The Morgan fingerprint density at radius 1 is 1.14 bits per heavy atom. The van der Waals surface area contributed by atoms with Crippen molar-refractivity contribution in [1.29, 1.82) is 0 Å². The number of hydrogen-bond donors (Lipinski definition) is 1. The SMILES string of the molecule is COc1cc(C)cc(C)c1C(O)Cc1c(F)cccc1F. The molecule has 2 nitrogen and oxygen atoms in total. The van der Waals surface area contributed by atoms with Gasteiger partial charge < -0.3 is 9.84 Å². The Bertz CT molecular complexity index is 633. The monoisotopic (exact) mass is 292 g/mol. The molecule has 1 N–H and O–H groups in total. The number of aliphatic hydroxyl groups is 1. The molecular formula is C17H18F2O2. The van der Waals surface area contributed by atoms with Crippen LogP contribution >= 0.6 is 0 Å². The Morgan fingerprint density at radius 3 is 2.33 bits per heavy atom. The molecule has 0 saturated carbocycles. The molecular weight excluding hydrogens is 274 g/mol. The van der Waals surface area contributed by atoms with E-state index >= 15 is 0 Å². The maximum atomic E-state index is 13.7. The molecule has 0 heterocycles. The quantitative estimate of drug-likeness (QED) is 0.927. The van der Waals surface area contributed by atoms with Crippen molar-refractivity contribution >= 4 is 0 Å². The van der Waals surface area contributed by atoms with E-state index in [1.807, 2.05) is 19.9 Å². The first-order valence-corrected chi connectivity index (χ1v) is 6.70. The summed E-state index contributed by atoms with van der Waals surface area (Å²) in [6, 6.07) is 7.37. The van der Waals surface area contributed by atoms with Crippen molar-refractivity contribution < 1.29 is 18.6 Å². The fraction of sp³-hybridized carbons (Fsp3) is 0.294. The highest BCUT2D eigenvalue weighted by Crippen LogP contribution is 2.32. The third kappa shape index (κ3) is 3.22. The van der Waals surface area contributed by atoms with E-state index in [4.69, 9.17) is 4.74 Å². The molecule has 0 aliphatic carbocycles. The molecule has 0 amide bonds. The molecule has 1 atom stereocenters. The summed E-state index contributed by atoms with van der Waals surface area (Å²) in [6.45, 7) is 3.76. The predicted molar refractivity (Wildman–Crippen MR) is 77.5 cm³/mol. The van der Waals surface area contributed by atoms with Gasteiger partial charge in [0.15, 0.2) is 0 Å². The van der Waals surface area contributed by atoms with Gasteiger partial charge in [-0.05, 0) is 43.2 Å². The summed E-state index contributed by atoms with van der Waals surface area (Å²) >= 11 is 0. The number of ether oxygens (including phenoxy) is 1. The molecule has 2 rings (SSSR count). The molecule has 0 radical (unpaired) electrons. The minimum Gasteiger partial charge on any atom is -0.496 e. The van der Waals surface area contributed by atoms with Gasteiger partial charge in [0.1, 0.15) is 17.4 Å². The molecule has 4 heteroatoms. The van der Waals surface area contributed by atoms with Crippen molar-refractivity contribution in [1.82, 2.24) is 0 Å². The lowest BCUT2D eigenvalue weighted by Crippen LogP contribution is -2.09. The molecule has 112 valence electrons. The molecule has 2 aromatic carbocycles. The largest absolute Gasteiger partial charge is 0.496 e. The average Bonchev–Trinajstić information content (AvgIpc) is 2.41. The Labute approximate surface area is 123 Å². The van der Waals surface area contributed by atoms with Crippen LogP contribution in [0.2, 0.25) is 0 Å². The van der Waals surface area contributed by atoms with E-state index in [2.05, 4.69) is 0 Å². The zero-order valence-corrected chi connectivity index (χ0v) is 12.3. The summed E-state index contributed by atoms with van der Waals surface area (Å²) in [7, 11) is 1.51. The second-order valence-corrected chi connectivity index (χ2v) is 5.12. The Balaban J connectivity index is 2.39. The highest BCUT2D eigenvalue weighted by molar-refractivity contribution is 5.45. The number of hydrogen-bond acceptors (Lipinski definition) is 2. The van der Waals surface area contributed by atoms with Crippen molar-refractivity contribution in [2.75, 3.05) is 7.11 Å². The maximum absolute atomic E-state index is 13.7. The highest BCUT2D eigenvalue weighted by Gasteiger charge is 2.20. The van der Waals surface area contributed by atoms with Crippen molar-refractivity contribution in [2.24, 2.45) is 0 Å². The summed E-state index contributed by atoms with van der Waals surface area (Å²) in [5.41, 5.74) is 2.27. The fourth-order valence-corrected chi connectivity index (χ4v) is 2.56. The lowest BCUT2D eigenvalue weighted by Gasteiger charge is -2.19. The molecule has 0 aliphatic heterocycles. The first kappa shape index (κ1) is 15.4. The summed E-state index contributed by atoms with van der Waals surface area (Å²) in [5, 5.41) is 10.4. The van der Waals surface area contributed by atoms with Crippen LogP contribution in [0.25, 0.3) is 0 Å². The second kappa shape index (κ2) is 6.22. The first-order chi connectivity index (χ1) is 9.93. The van der Waals surface area contributed by atoms with Crippen LogP contribution in [0.3, 0.4) is 0 Å². The Morgan fingerprint density at radius 2 is 1.76 bits per heavy atom. The van der Waals surface area contributed by atoms with Gasteiger partial charge in [-0.3, -0.25) is 0 Å².